The number of pyridine rings is 1. The third-order valence-corrected chi connectivity index (χ3v) is 4.26. The Morgan fingerprint density at radius 1 is 0.889 bits per heavy atom. The summed E-state index contributed by atoms with van der Waals surface area (Å²) >= 11 is 0. The van der Waals surface area contributed by atoms with Crippen molar-refractivity contribution in [3.8, 4) is 11.8 Å². The second-order valence-electron chi connectivity index (χ2n) is 6.17. The summed E-state index contributed by atoms with van der Waals surface area (Å²) in [6.07, 6.45) is 1.95. The minimum absolute atomic E-state index is 0.280. The quantitative estimate of drug-likeness (QED) is 0.489. The molecule has 0 saturated heterocycles. The van der Waals surface area contributed by atoms with Gasteiger partial charge in [-0.25, -0.2) is 18.2 Å². The molecule has 27 heavy (non-hydrogen) atoms. The molecule has 3 aromatic rings. The Labute approximate surface area is 154 Å². The average Bonchev–Trinajstić information content (AvgIpc) is 3.07. The van der Waals surface area contributed by atoms with Crippen molar-refractivity contribution in [2.45, 2.75) is 13.0 Å². The maximum Gasteiger partial charge on any atom is 0.194 e. The van der Waals surface area contributed by atoms with Crippen molar-refractivity contribution in [3.63, 3.8) is 0 Å². The van der Waals surface area contributed by atoms with E-state index in [0.717, 1.165) is 28.8 Å². The van der Waals surface area contributed by atoms with Crippen LogP contribution in [-0.4, -0.2) is 10.7 Å². The van der Waals surface area contributed by atoms with Gasteiger partial charge in [-0.15, -0.1) is 0 Å². The van der Waals surface area contributed by atoms with E-state index in [4.69, 9.17) is 0 Å². The molecule has 2 heterocycles. The highest BCUT2D eigenvalue weighted by molar-refractivity contribution is 6.15. The summed E-state index contributed by atoms with van der Waals surface area (Å²) in [5.41, 5.74) is 4.46. The first-order valence-corrected chi connectivity index (χ1v) is 8.33. The molecular weight excluding hydrogens is 349 g/mol. The maximum atomic E-state index is 13.4. The zero-order valence-electron chi connectivity index (χ0n) is 14.1. The lowest BCUT2D eigenvalue weighted by Gasteiger charge is -2.06. The van der Waals surface area contributed by atoms with Gasteiger partial charge in [0.25, 0.3) is 0 Å². The molecule has 0 saturated carbocycles. The van der Waals surface area contributed by atoms with Crippen LogP contribution in [0, 0.1) is 29.3 Å². The predicted molar refractivity (Wildman–Crippen MR) is 96.9 cm³/mol. The standard InChI is InChI=1S/C22H13F3N2/c23-19-11-15(12-20(24)22(19)25)9-14-4-5-16-13-27-21(18(16)10-14)7-6-17-3-1-2-8-26-17/h1-5,8,10-12H,9,13H2. The van der Waals surface area contributed by atoms with Crippen LogP contribution in [0.5, 0.6) is 0 Å². The second-order valence-corrected chi connectivity index (χ2v) is 6.17. The molecule has 2 nitrogen and oxygen atoms in total. The molecule has 1 aliphatic rings. The molecule has 5 heteroatoms. The van der Waals surface area contributed by atoms with E-state index < -0.39 is 17.5 Å². The van der Waals surface area contributed by atoms with Gasteiger partial charge in [0.1, 0.15) is 11.4 Å². The number of rotatable bonds is 2. The van der Waals surface area contributed by atoms with Gasteiger partial charge in [-0.3, -0.25) is 4.99 Å². The molecule has 0 fully saturated rings. The molecule has 0 unspecified atom stereocenters. The van der Waals surface area contributed by atoms with Gasteiger partial charge < -0.3 is 0 Å². The van der Waals surface area contributed by atoms with Gasteiger partial charge in [0.15, 0.2) is 17.5 Å². The molecule has 0 radical (unpaired) electrons. The van der Waals surface area contributed by atoms with Gasteiger partial charge >= 0.3 is 0 Å². The van der Waals surface area contributed by atoms with Crippen LogP contribution < -0.4 is 0 Å². The Balaban J connectivity index is 1.61. The highest BCUT2D eigenvalue weighted by Gasteiger charge is 2.16. The normalized spacial score (nSPS) is 12.2. The lowest BCUT2D eigenvalue weighted by molar-refractivity contribution is 0.445. The minimum Gasteiger partial charge on any atom is -0.271 e. The van der Waals surface area contributed by atoms with Gasteiger partial charge in [0.2, 0.25) is 0 Å². The van der Waals surface area contributed by atoms with E-state index >= 15 is 0 Å². The molecule has 1 aliphatic heterocycles. The van der Waals surface area contributed by atoms with Crippen LogP contribution in [0.25, 0.3) is 0 Å². The van der Waals surface area contributed by atoms with E-state index in [1.54, 1.807) is 6.20 Å². The zero-order valence-corrected chi connectivity index (χ0v) is 14.1. The Hall–Kier alpha value is -3.39. The minimum atomic E-state index is -1.45. The van der Waals surface area contributed by atoms with Crippen molar-refractivity contribution in [2.75, 3.05) is 0 Å². The molecule has 2 aromatic carbocycles. The average molecular weight is 362 g/mol. The van der Waals surface area contributed by atoms with Crippen LogP contribution in [0.1, 0.15) is 27.9 Å². The Bertz CT molecular complexity index is 1090. The summed E-state index contributed by atoms with van der Waals surface area (Å²) in [6.45, 7) is 0.543. The summed E-state index contributed by atoms with van der Waals surface area (Å²) in [5, 5.41) is 0. The van der Waals surface area contributed by atoms with E-state index in [9.17, 15) is 13.2 Å². The molecule has 0 amide bonds. The van der Waals surface area contributed by atoms with Crippen molar-refractivity contribution >= 4 is 5.71 Å². The van der Waals surface area contributed by atoms with Crippen molar-refractivity contribution in [3.05, 3.63) is 100 Å². The van der Waals surface area contributed by atoms with Gasteiger partial charge in [-0.2, -0.15) is 0 Å². The van der Waals surface area contributed by atoms with Crippen LogP contribution in [0.4, 0.5) is 13.2 Å². The smallest absolute Gasteiger partial charge is 0.194 e. The number of halogens is 3. The van der Waals surface area contributed by atoms with E-state index in [0.29, 0.717) is 23.5 Å². The highest BCUT2D eigenvalue weighted by atomic mass is 19.2. The summed E-state index contributed by atoms with van der Waals surface area (Å²) < 4.78 is 40.0. The molecule has 4 rings (SSSR count). The van der Waals surface area contributed by atoms with Crippen molar-refractivity contribution in [2.24, 2.45) is 4.99 Å². The summed E-state index contributed by atoms with van der Waals surface area (Å²) in [7, 11) is 0. The fourth-order valence-corrected chi connectivity index (χ4v) is 2.95. The van der Waals surface area contributed by atoms with Crippen LogP contribution in [-0.2, 0) is 13.0 Å². The molecule has 0 atom stereocenters. The first-order chi connectivity index (χ1) is 13.1. The van der Waals surface area contributed by atoms with Crippen molar-refractivity contribution in [1.29, 1.82) is 0 Å². The SMILES string of the molecule is Fc1cc(Cc2ccc3c(c2)C(C#Cc2ccccn2)=NC3)cc(F)c1F. The number of benzene rings is 2. The van der Waals surface area contributed by atoms with Crippen LogP contribution >= 0.6 is 0 Å². The number of nitrogens with zero attached hydrogens (tertiary/aromatic N) is 2. The Morgan fingerprint density at radius 2 is 1.70 bits per heavy atom. The first-order valence-electron chi connectivity index (χ1n) is 8.33. The molecule has 0 aliphatic carbocycles. The molecule has 0 N–H and O–H groups in total. The Morgan fingerprint density at radius 3 is 2.44 bits per heavy atom. The predicted octanol–water partition coefficient (Wildman–Crippen LogP) is 4.44. The number of aliphatic imine (C=N–C) groups is 1. The number of hydrogen-bond acceptors (Lipinski definition) is 2. The number of aromatic nitrogens is 1. The van der Waals surface area contributed by atoms with E-state index in [1.165, 1.54) is 0 Å². The number of hydrogen-bond donors (Lipinski definition) is 0. The lowest BCUT2D eigenvalue weighted by Crippen LogP contribution is -1.99. The first kappa shape index (κ1) is 17.0. The fourth-order valence-electron chi connectivity index (χ4n) is 2.95. The van der Waals surface area contributed by atoms with E-state index in [-0.39, 0.29) is 6.42 Å². The molecule has 0 spiro atoms. The van der Waals surface area contributed by atoms with Crippen LogP contribution in [0.3, 0.4) is 0 Å². The van der Waals surface area contributed by atoms with Gasteiger partial charge in [-0.05, 0) is 65.3 Å². The van der Waals surface area contributed by atoms with E-state index in [1.807, 2.05) is 36.4 Å². The van der Waals surface area contributed by atoms with Gasteiger partial charge in [-0.1, -0.05) is 18.2 Å². The monoisotopic (exact) mass is 362 g/mol. The molecular formula is C22H13F3N2. The topological polar surface area (TPSA) is 25.2 Å². The largest absolute Gasteiger partial charge is 0.271 e. The lowest BCUT2D eigenvalue weighted by atomic mass is 9.98. The maximum absolute atomic E-state index is 13.4. The Kier molecular flexibility index (Phi) is 4.47. The molecule has 0 bridgehead atoms. The van der Waals surface area contributed by atoms with E-state index in [2.05, 4.69) is 21.8 Å². The van der Waals surface area contributed by atoms with Gasteiger partial charge in [0, 0.05) is 11.8 Å². The molecule has 132 valence electrons. The summed E-state index contributed by atoms with van der Waals surface area (Å²) in [5.74, 6) is 2.20. The van der Waals surface area contributed by atoms with Crippen LogP contribution in [0.2, 0.25) is 0 Å². The fraction of sp³-hybridized carbons (Fsp3) is 0.0909. The van der Waals surface area contributed by atoms with Crippen LogP contribution in [0.15, 0.2) is 59.7 Å². The zero-order chi connectivity index (χ0) is 18.8. The van der Waals surface area contributed by atoms with Crippen molar-refractivity contribution in [1.82, 2.24) is 4.98 Å². The second kappa shape index (κ2) is 7.08. The number of fused-ring (bicyclic) bond motifs is 1. The van der Waals surface area contributed by atoms with Gasteiger partial charge in [0.05, 0.1) is 6.54 Å². The highest BCUT2D eigenvalue weighted by Crippen LogP contribution is 2.23. The summed E-state index contributed by atoms with van der Waals surface area (Å²) in [4.78, 5) is 8.61. The third kappa shape index (κ3) is 3.61. The third-order valence-electron chi connectivity index (χ3n) is 4.26. The summed E-state index contributed by atoms with van der Waals surface area (Å²) in [6, 6.07) is 13.2. The van der Waals surface area contributed by atoms with Crippen molar-refractivity contribution < 1.29 is 13.2 Å². The molecule has 1 aromatic heterocycles.